The molecule has 0 aromatic heterocycles. The average Bonchev–Trinajstić information content (AvgIpc) is 2.61. The van der Waals surface area contributed by atoms with E-state index >= 15 is 0 Å². The van der Waals surface area contributed by atoms with Crippen molar-refractivity contribution < 1.29 is 9.59 Å². The van der Waals surface area contributed by atoms with E-state index in [1.807, 2.05) is 24.3 Å². The van der Waals surface area contributed by atoms with E-state index < -0.39 is 0 Å². The summed E-state index contributed by atoms with van der Waals surface area (Å²) in [4.78, 5) is 24.6. The number of thioether (sulfide) groups is 1. The van der Waals surface area contributed by atoms with E-state index in [1.165, 1.54) is 11.8 Å². The van der Waals surface area contributed by atoms with Gasteiger partial charge >= 0.3 is 6.03 Å². The van der Waals surface area contributed by atoms with Crippen molar-refractivity contribution in [2.75, 3.05) is 22.9 Å². The second-order valence-electron chi connectivity index (χ2n) is 4.99. The van der Waals surface area contributed by atoms with Crippen molar-refractivity contribution >= 4 is 51.0 Å². The molecule has 7 heteroatoms. The highest BCUT2D eigenvalue weighted by Crippen LogP contribution is 2.21. The standard InChI is InChI=1S/C18H18BrN3O2S/c1-2-11-20-18(24)22-15-7-5-14(6-8-15)21-17(23)12-25-16-9-3-13(19)4-10-16/h2-10H,1,11-12H2,(H,21,23)(H2,20,22,24). The first-order valence-electron chi connectivity index (χ1n) is 7.51. The van der Waals surface area contributed by atoms with Crippen molar-refractivity contribution in [2.24, 2.45) is 0 Å². The number of hydrogen-bond acceptors (Lipinski definition) is 3. The number of rotatable bonds is 7. The quantitative estimate of drug-likeness (QED) is 0.457. The number of halogens is 1. The van der Waals surface area contributed by atoms with E-state index in [0.717, 1.165) is 9.37 Å². The van der Waals surface area contributed by atoms with Crippen LogP contribution in [0, 0.1) is 0 Å². The molecular formula is C18H18BrN3O2S. The molecule has 0 saturated carbocycles. The maximum Gasteiger partial charge on any atom is 0.319 e. The van der Waals surface area contributed by atoms with Gasteiger partial charge in [0.1, 0.15) is 0 Å². The maximum atomic E-state index is 12.0. The predicted molar refractivity (Wildman–Crippen MR) is 107 cm³/mol. The fourth-order valence-corrected chi connectivity index (χ4v) is 2.82. The van der Waals surface area contributed by atoms with Crippen molar-refractivity contribution in [3.63, 3.8) is 0 Å². The normalized spacial score (nSPS) is 9.96. The van der Waals surface area contributed by atoms with Gasteiger partial charge in [0.05, 0.1) is 5.75 Å². The highest BCUT2D eigenvalue weighted by Gasteiger charge is 2.05. The van der Waals surface area contributed by atoms with E-state index in [9.17, 15) is 9.59 Å². The molecule has 0 aliphatic heterocycles. The SMILES string of the molecule is C=CCNC(=O)Nc1ccc(NC(=O)CSc2ccc(Br)cc2)cc1. The number of urea groups is 1. The number of amides is 3. The summed E-state index contributed by atoms with van der Waals surface area (Å²) in [6.45, 7) is 3.93. The summed E-state index contributed by atoms with van der Waals surface area (Å²) in [5, 5.41) is 8.14. The molecule has 2 aromatic rings. The van der Waals surface area contributed by atoms with Crippen LogP contribution in [0.25, 0.3) is 0 Å². The lowest BCUT2D eigenvalue weighted by atomic mass is 10.3. The van der Waals surface area contributed by atoms with Crippen LogP contribution in [0.4, 0.5) is 16.2 Å². The lowest BCUT2D eigenvalue weighted by molar-refractivity contribution is -0.113. The van der Waals surface area contributed by atoms with Crippen LogP contribution >= 0.6 is 27.7 Å². The predicted octanol–water partition coefficient (Wildman–Crippen LogP) is 4.49. The average molecular weight is 420 g/mol. The molecule has 0 spiro atoms. The van der Waals surface area contributed by atoms with Gasteiger partial charge < -0.3 is 16.0 Å². The number of benzene rings is 2. The maximum absolute atomic E-state index is 12.0. The highest BCUT2D eigenvalue weighted by atomic mass is 79.9. The lowest BCUT2D eigenvalue weighted by Crippen LogP contribution is -2.28. The molecule has 2 aromatic carbocycles. The van der Waals surface area contributed by atoms with E-state index in [1.54, 1.807) is 30.3 Å². The Morgan fingerprint density at radius 3 is 2.20 bits per heavy atom. The van der Waals surface area contributed by atoms with Crippen LogP contribution in [-0.4, -0.2) is 24.2 Å². The summed E-state index contributed by atoms with van der Waals surface area (Å²) in [5.74, 6) is 0.239. The lowest BCUT2D eigenvalue weighted by Gasteiger charge is -2.08. The first-order chi connectivity index (χ1) is 12.1. The smallest absolute Gasteiger partial charge is 0.319 e. The van der Waals surface area contributed by atoms with Crippen LogP contribution in [0.2, 0.25) is 0 Å². The molecule has 0 atom stereocenters. The van der Waals surface area contributed by atoms with Crippen molar-refractivity contribution in [3.05, 3.63) is 65.7 Å². The summed E-state index contributed by atoms with van der Waals surface area (Å²) >= 11 is 4.85. The summed E-state index contributed by atoms with van der Waals surface area (Å²) < 4.78 is 1.01. The third-order valence-corrected chi connectivity index (χ3v) is 4.56. The Morgan fingerprint density at radius 2 is 1.60 bits per heavy atom. The molecule has 3 amide bonds. The minimum absolute atomic E-state index is 0.0858. The van der Waals surface area contributed by atoms with E-state index in [4.69, 9.17) is 0 Å². The van der Waals surface area contributed by atoms with Crippen molar-refractivity contribution in [1.82, 2.24) is 5.32 Å². The first kappa shape index (κ1) is 19.1. The largest absolute Gasteiger partial charge is 0.334 e. The van der Waals surface area contributed by atoms with E-state index in [-0.39, 0.29) is 11.9 Å². The number of anilines is 2. The molecule has 0 heterocycles. The van der Waals surface area contributed by atoms with Crippen LogP contribution in [0.3, 0.4) is 0 Å². The molecule has 0 radical (unpaired) electrons. The van der Waals surface area contributed by atoms with Crippen LogP contribution in [0.15, 0.2) is 70.6 Å². The Bertz CT molecular complexity index is 733. The monoisotopic (exact) mass is 419 g/mol. The van der Waals surface area contributed by atoms with Gasteiger partial charge in [0.2, 0.25) is 5.91 Å². The summed E-state index contributed by atoms with van der Waals surface area (Å²) in [7, 11) is 0. The fraction of sp³-hybridized carbons (Fsp3) is 0.111. The molecule has 0 bridgehead atoms. The zero-order valence-corrected chi connectivity index (χ0v) is 15.8. The van der Waals surface area contributed by atoms with Crippen molar-refractivity contribution in [1.29, 1.82) is 0 Å². The first-order valence-corrected chi connectivity index (χ1v) is 9.28. The van der Waals surface area contributed by atoms with Gasteiger partial charge in [-0.3, -0.25) is 4.79 Å². The summed E-state index contributed by atoms with van der Waals surface area (Å²) in [6, 6.07) is 14.4. The second kappa shape index (κ2) is 9.90. The molecule has 25 heavy (non-hydrogen) atoms. The van der Waals surface area contributed by atoms with Gasteiger partial charge in [-0.2, -0.15) is 0 Å². The van der Waals surface area contributed by atoms with Gasteiger partial charge in [0.15, 0.2) is 0 Å². The van der Waals surface area contributed by atoms with Gasteiger partial charge in [-0.05, 0) is 48.5 Å². The molecule has 0 aliphatic rings. The fourth-order valence-electron chi connectivity index (χ4n) is 1.85. The van der Waals surface area contributed by atoms with Crippen LogP contribution in [-0.2, 0) is 4.79 Å². The molecule has 2 rings (SSSR count). The number of carbonyl (C=O) groups is 2. The van der Waals surface area contributed by atoms with Gasteiger partial charge in [0, 0.05) is 27.3 Å². The van der Waals surface area contributed by atoms with Gasteiger partial charge in [-0.15, -0.1) is 18.3 Å². The number of carbonyl (C=O) groups excluding carboxylic acids is 2. The third kappa shape index (κ3) is 7.03. The molecule has 5 nitrogen and oxygen atoms in total. The Labute approximate surface area is 159 Å². The van der Waals surface area contributed by atoms with Crippen LogP contribution < -0.4 is 16.0 Å². The number of hydrogen-bond donors (Lipinski definition) is 3. The molecule has 130 valence electrons. The van der Waals surface area contributed by atoms with Gasteiger partial charge in [-0.25, -0.2) is 4.79 Å². The summed E-state index contributed by atoms with van der Waals surface area (Å²) in [6.07, 6.45) is 1.60. The van der Waals surface area contributed by atoms with E-state index in [0.29, 0.717) is 23.7 Å². The van der Waals surface area contributed by atoms with Crippen molar-refractivity contribution in [2.45, 2.75) is 4.90 Å². The zero-order valence-electron chi connectivity index (χ0n) is 13.4. The topological polar surface area (TPSA) is 70.2 Å². The molecule has 0 unspecified atom stereocenters. The van der Waals surface area contributed by atoms with E-state index in [2.05, 4.69) is 38.5 Å². The molecular weight excluding hydrogens is 402 g/mol. The molecule has 0 fully saturated rings. The molecule has 0 aliphatic carbocycles. The third-order valence-electron chi connectivity index (χ3n) is 3.02. The second-order valence-corrected chi connectivity index (χ2v) is 6.96. The Hall–Kier alpha value is -2.25. The minimum atomic E-state index is -0.303. The Morgan fingerprint density at radius 1 is 1.00 bits per heavy atom. The molecule has 3 N–H and O–H groups in total. The number of nitrogens with one attached hydrogen (secondary N) is 3. The zero-order chi connectivity index (χ0) is 18.1. The van der Waals surface area contributed by atoms with Crippen LogP contribution in [0.5, 0.6) is 0 Å². The van der Waals surface area contributed by atoms with Crippen molar-refractivity contribution in [3.8, 4) is 0 Å². The van der Waals surface area contributed by atoms with Crippen LogP contribution in [0.1, 0.15) is 0 Å². The molecule has 0 saturated heterocycles. The van der Waals surface area contributed by atoms with Gasteiger partial charge in [-0.1, -0.05) is 22.0 Å². The summed E-state index contributed by atoms with van der Waals surface area (Å²) in [5.41, 5.74) is 1.32. The minimum Gasteiger partial charge on any atom is -0.334 e. The van der Waals surface area contributed by atoms with Gasteiger partial charge in [0.25, 0.3) is 0 Å². The Kier molecular flexibility index (Phi) is 7.56. The highest BCUT2D eigenvalue weighted by molar-refractivity contribution is 9.10. The Balaban J connectivity index is 1.79.